The molecule has 1 aliphatic heterocycles. The summed E-state index contributed by atoms with van der Waals surface area (Å²) >= 11 is 3.78. The van der Waals surface area contributed by atoms with Crippen LogP contribution < -0.4 is 5.32 Å². The third-order valence-corrected chi connectivity index (χ3v) is 5.55. The summed E-state index contributed by atoms with van der Waals surface area (Å²) in [7, 11) is 0. The van der Waals surface area contributed by atoms with Gasteiger partial charge in [0.25, 0.3) is 0 Å². The zero-order valence-corrected chi connectivity index (χ0v) is 9.42. The van der Waals surface area contributed by atoms with Gasteiger partial charge in [0.15, 0.2) is 0 Å². The van der Waals surface area contributed by atoms with Crippen LogP contribution in [0.5, 0.6) is 0 Å². The van der Waals surface area contributed by atoms with E-state index in [1.165, 1.54) is 11.5 Å². The molecular weight excluding hydrogens is 216 g/mol. The van der Waals surface area contributed by atoms with Crippen molar-refractivity contribution in [3.63, 3.8) is 0 Å². The lowest BCUT2D eigenvalue weighted by molar-refractivity contribution is -0.124. The Morgan fingerprint density at radius 1 is 1.50 bits per heavy atom. The van der Waals surface area contributed by atoms with Gasteiger partial charge in [0.2, 0.25) is 5.91 Å². The van der Waals surface area contributed by atoms with E-state index in [1.54, 1.807) is 0 Å². The van der Waals surface area contributed by atoms with Crippen LogP contribution in [0.25, 0.3) is 0 Å². The minimum Gasteiger partial charge on any atom is -0.353 e. The number of rotatable bonds is 3. The van der Waals surface area contributed by atoms with Gasteiger partial charge >= 0.3 is 0 Å². The van der Waals surface area contributed by atoms with Crippen LogP contribution in [0.3, 0.4) is 0 Å². The number of nitriles is 1. The fourth-order valence-electron chi connectivity index (χ4n) is 1.38. The summed E-state index contributed by atoms with van der Waals surface area (Å²) in [5.41, 5.74) is -0.659. The third-order valence-electron chi connectivity index (χ3n) is 2.52. The zero-order chi connectivity index (χ0) is 10.0. The minimum atomic E-state index is -0.659. The van der Waals surface area contributed by atoms with Crippen molar-refractivity contribution >= 4 is 29.4 Å². The summed E-state index contributed by atoms with van der Waals surface area (Å²) < 4.78 is 0.494. The average molecular weight is 228 g/mol. The molecule has 1 heterocycles. The standard InChI is InChI=1S/C9H12N2OS2/c10-6-9(1-2-9)8(12)11-5-7-13-3-4-14-7/h7H,1-5H2,(H,11,12). The number of nitrogens with one attached hydrogen (secondary N) is 1. The molecule has 0 unspecified atom stereocenters. The third kappa shape index (κ3) is 2.01. The van der Waals surface area contributed by atoms with Gasteiger partial charge in [-0.3, -0.25) is 4.79 Å². The van der Waals surface area contributed by atoms with Gasteiger partial charge in [-0.25, -0.2) is 0 Å². The molecule has 1 N–H and O–H groups in total. The van der Waals surface area contributed by atoms with Gasteiger partial charge in [0.05, 0.1) is 10.7 Å². The number of carbonyl (C=O) groups is 1. The van der Waals surface area contributed by atoms with Crippen molar-refractivity contribution < 1.29 is 4.79 Å². The highest BCUT2D eigenvalue weighted by Crippen LogP contribution is 2.45. The summed E-state index contributed by atoms with van der Waals surface area (Å²) in [5.74, 6) is 2.29. The molecule has 1 saturated heterocycles. The highest BCUT2D eigenvalue weighted by atomic mass is 32.2. The first-order valence-electron chi connectivity index (χ1n) is 4.70. The Balaban J connectivity index is 1.75. The monoisotopic (exact) mass is 228 g/mol. The van der Waals surface area contributed by atoms with Gasteiger partial charge in [0, 0.05) is 18.1 Å². The van der Waals surface area contributed by atoms with E-state index in [0.717, 1.165) is 12.8 Å². The molecule has 1 saturated carbocycles. The Hall–Kier alpha value is -0.340. The summed E-state index contributed by atoms with van der Waals surface area (Å²) in [5, 5.41) is 11.7. The second-order valence-corrected chi connectivity index (χ2v) is 6.49. The zero-order valence-electron chi connectivity index (χ0n) is 7.78. The summed E-state index contributed by atoms with van der Waals surface area (Å²) in [6, 6.07) is 2.10. The number of hydrogen-bond donors (Lipinski definition) is 1. The first-order valence-corrected chi connectivity index (χ1v) is 6.79. The molecule has 0 bridgehead atoms. The SMILES string of the molecule is N#CC1(C(=O)NCC2SCCS2)CC1. The fourth-order valence-corrected chi connectivity index (χ4v) is 4.05. The van der Waals surface area contributed by atoms with Crippen molar-refractivity contribution in [1.29, 1.82) is 5.26 Å². The highest BCUT2D eigenvalue weighted by Gasteiger charge is 2.50. The molecular formula is C9H12N2OS2. The largest absolute Gasteiger partial charge is 0.353 e. The Bertz CT molecular complexity index is 277. The number of amides is 1. The lowest BCUT2D eigenvalue weighted by Crippen LogP contribution is -2.34. The van der Waals surface area contributed by atoms with E-state index < -0.39 is 5.41 Å². The van der Waals surface area contributed by atoms with E-state index in [1.807, 2.05) is 23.5 Å². The first kappa shape index (κ1) is 10.2. The second-order valence-electron chi connectivity index (χ2n) is 3.58. The predicted octanol–water partition coefficient (Wildman–Crippen LogP) is 1.21. The Labute approximate surface area is 92.0 Å². The molecule has 2 rings (SSSR count). The maximum absolute atomic E-state index is 11.6. The Kier molecular flexibility index (Phi) is 2.93. The summed E-state index contributed by atoms with van der Waals surface area (Å²) in [6.45, 7) is 0.706. The van der Waals surface area contributed by atoms with Gasteiger partial charge in [-0.15, -0.1) is 23.5 Å². The Morgan fingerprint density at radius 3 is 2.64 bits per heavy atom. The lowest BCUT2D eigenvalue weighted by atomic mass is 10.1. The second kappa shape index (κ2) is 4.03. The quantitative estimate of drug-likeness (QED) is 0.789. The first-order chi connectivity index (χ1) is 6.77. The number of nitrogens with zero attached hydrogens (tertiary/aromatic N) is 1. The van der Waals surface area contributed by atoms with Crippen LogP contribution in [-0.2, 0) is 4.79 Å². The van der Waals surface area contributed by atoms with Crippen LogP contribution in [-0.4, -0.2) is 28.5 Å². The van der Waals surface area contributed by atoms with Crippen LogP contribution in [0.1, 0.15) is 12.8 Å². The fraction of sp³-hybridized carbons (Fsp3) is 0.778. The molecule has 1 amide bonds. The topological polar surface area (TPSA) is 52.9 Å². The van der Waals surface area contributed by atoms with Crippen LogP contribution in [0.4, 0.5) is 0 Å². The lowest BCUT2D eigenvalue weighted by Gasteiger charge is -2.11. The molecule has 1 aliphatic carbocycles. The highest BCUT2D eigenvalue weighted by molar-refractivity contribution is 8.20. The van der Waals surface area contributed by atoms with Gasteiger partial charge < -0.3 is 5.32 Å². The molecule has 0 atom stereocenters. The van der Waals surface area contributed by atoms with Crippen LogP contribution in [0.2, 0.25) is 0 Å². The van der Waals surface area contributed by atoms with E-state index >= 15 is 0 Å². The van der Waals surface area contributed by atoms with Crippen molar-refractivity contribution in [3.8, 4) is 6.07 Å². The molecule has 2 aliphatic rings. The minimum absolute atomic E-state index is 0.0619. The molecule has 3 nitrogen and oxygen atoms in total. The number of thioether (sulfide) groups is 2. The average Bonchev–Trinajstić information content (AvgIpc) is 2.84. The molecule has 14 heavy (non-hydrogen) atoms. The molecule has 0 aromatic rings. The molecule has 5 heteroatoms. The van der Waals surface area contributed by atoms with E-state index in [0.29, 0.717) is 11.1 Å². The normalized spacial score (nSPS) is 24.2. The van der Waals surface area contributed by atoms with E-state index in [9.17, 15) is 4.79 Å². The molecule has 2 fully saturated rings. The Morgan fingerprint density at radius 2 is 2.14 bits per heavy atom. The number of hydrogen-bond acceptors (Lipinski definition) is 4. The van der Waals surface area contributed by atoms with Gasteiger partial charge in [-0.1, -0.05) is 0 Å². The maximum Gasteiger partial charge on any atom is 0.240 e. The molecule has 0 aromatic heterocycles. The summed E-state index contributed by atoms with van der Waals surface area (Å²) in [6.07, 6.45) is 1.47. The van der Waals surface area contributed by atoms with Crippen LogP contribution in [0, 0.1) is 16.7 Å². The molecule has 0 aromatic carbocycles. The van der Waals surface area contributed by atoms with Crippen molar-refractivity contribution in [2.75, 3.05) is 18.1 Å². The molecule has 0 radical (unpaired) electrons. The van der Waals surface area contributed by atoms with Crippen molar-refractivity contribution in [3.05, 3.63) is 0 Å². The van der Waals surface area contributed by atoms with Crippen molar-refractivity contribution in [2.45, 2.75) is 17.4 Å². The smallest absolute Gasteiger partial charge is 0.240 e. The van der Waals surface area contributed by atoms with Gasteiger partial charge in [-0.2, -0.15) is 5.26 Å². The summed E-state index contributed by atoms with van der Waals surface area (Å²) in [4.78, 5) is 11.6. The van der Waals surface area contributed by atoms with Crippen LogP contribution >= 0.6 is 23.5 Å². The van der Waals surface area contributed by atoms with Gasteiger partial charge in [-0.05, 0) is 12.8 Å². The van der Waals surface area contributed by atoms with E-state index in [-0.39, 0.29) is 5.91 Å². The van der Waals surface area contributed by atoms with E-state index in [4.69, 9.17) is 5.26 Å². The van der Waals surface area contributed by atoms with Crippen molar-refractivity contribution in [2.24, 2.45) is 5.41 Å². The molecule has 76 valence electrons. The van der Waals surface area contributed by atoms with Crippen LogP contribution in [0.15, 0.2) is 0 Å². The van der Waals surface area contributed by atoms with Gasteiger partial charge in [0.1, 0.15) is 5.41 Å². The molecule has 0 spiro atoms. The maximum atomic E-state index is 11.6. The predicted molar refractivity (Wildman–Crippen MR) is 59.0 cm³/mol. The van der Waals surface area contributed by atoms with E-state index in [2.05, 4.69) is 11.4 Å². The number of carbonyl (C=O) groups excluding carboxylic acids is 1. The van der Waals surface area contributed by atoms with Crippen molar-refractivity contribution in [1.82, 2.24) is 5.32 Å².